The van der Waals surface area contributed by atoms with Gasteiger partial charge < -0.3 is 33.2 Å². The van der Waals surface area contributed by atoms with Crippen molar-refractivity contribution in [3.63, 3.8) is 0 Å². The lowest BCUT2D eigenvalue weighted by atomic mass is 9.99. The first kappa shape index (κ1) is 31.2. The first-order chi connectivity index (χ1) is 18.3. The molecule has 0 fully saturated rings. The van der Waals surface area contributed by atoms with Crippen molar-refractivity contribution >= 4 is 23.9 Å². The Labute approximate surface area is 228 Å². The van der Waals surface area contributed by atoms with Crippen LogP contribution in [0.5, 0.6) is 17.2 Å². The van der Waals surface area contributed by atoms with Crippen LogP contribution in [0.2, 0.25) is 0 Å². The number of methoxy groups -OCH3 is 1. The average Bonchev–Trinajstić information content (AvgIpc) is 3.38. The van der Waals surface area contributed by atoms with Gasteiger partial charge in [0.2, 0.25) is 18.1 Å². The summed E-state index contributed by atoms with van der Waals surface area (Å²) < 4.78 is 38.5. The highest BCUT2D eigenvalue weighted by Crippen LogP contribution is 2.44. The monoisotopic (exact) mass is 548 g/mol. The Hall–Kier alpha value is -4.02. The van der Waals surface area contributed by atoms with Crippen molar-refractivity contribution < 1.29 is 52.3 Å². The predicted molar refractivity (Wildman–Crippen MR) is 138 cm³/mol. The van der Waals surface area contributed by atoms with Crippen molar-refractivity contribution in [2.75, 3.05) is 13.9 Å². The van der Waals surface area contributed by atoms with E-state index in [2.05, 4.69) is 0 Å². The molecule has 39 heavy (non-hydrogen) atoms. The molecule has 4 atom stereocenters. The van der Waals surface area contributed by atoms with E-state index < -0.39 is 47.8 Å². The summed E-state index contributed by atoms with van der Waals surface area (Å²) in [6.45, 7) is 11.7. The van der Waals surface area contributed by atoms with Gasteiger partial charge in [-0.25, -0.2) is 14.4 Å². The number of hydrogen-bond acceptors (Lipinski definition) is 11. The quantitative estimate of drug-likeness (QED) is 0.225. The summed E-state index contributed by atoms with van der Waals surface area (Å²) in [6, 6.07) is 3.17. The molecular weight excluding hydrogens is 512 g/mol. The number of carbonyl (C=O) groups is 4. The van der Waals surface area contributed by atoms with Crippen LogP contribution in [0, 0.1) is 0 Å². The van der Waals surface area contributed by atoms with Crippen LogP contribution < -0.4 is 14.2 Å². The van der Waals surface area contributed by atoms with E-state index in [-0.39, 0.29) is 12.4 Å². The molecule has 1 heterocycles. The lowest BCUT2D eigenvalue weighted by Gasteiger charge is -2.34. The van der Waals surface area contributed by atoms with E-state index in [0.29, 0.717) is 28.4 Å². The van der Waals surface area contributed by atoms with E-state index in [4.69, 9.17) is 33.2 Å². The molecule has 0 saturated heterocycles. The molecule has 1 aromatic rings. The Morgan fingerprint density at radius 1 is 0.923 bits per heavy atom. The molecule has 0 aliphatic carbocycles. The predicted octanol–water partition coefficient (Wildman–Crippen LogP) is 4.13. The van der Waals surface area contributed by atoms with E-state index in [1.165, 1.54) is 40.9 Å². The Morgan fingerprint density at radius 3 is 2.10 bits per heavy atom. The molecule has 0 saturated carbocycles. The SMILES string of the molecule is CC=C(C)C(=O)O[C@@H](c1cc(OC)c2c(c1)OCO2)[C@@H](C)OC(=O)[C@](C)(OC(=O)C(C)=CC)[C@H](C)OC(C)=O. The number of esters is 4. The van der Waals surface area contributed by atoms with Gasteiger partial charge in [0.15, 0.2) is 17.6 Å². The van der Waals surface area contributed by atoms with Crippen LogP contribution >= 0.6 is 0 Å². The first-order valence-corrected chi connectivity index (χ1v) is 12.3. The molecule has 1 aliphatic rings. The van der Waals surface area contributed by atoms with Crippen molar-refractivity contribution in [3.8, 4) is 17.2 Å². The molecule has 0 N–H and O–H groups in total. The first-order valence-electron chi connectivity index (χ1n) is 12.3. The standard InChI is InChI=1S/C28H36O11/c1-10-15(3)25(30)38-23(20-12-21(33-9)24-22(13-20)34-14-35-24)17(5)36-27(32)28(8,18(6)37-19(7)29)39-26(31)16(4)11-2/h10-13,17-18,23H,14H2,1-9H3/t17-,18+,23-,28-/m1/s1. The molecule has 0 amide bonds. The van der Waals surface area contributed by atoms with Crippen LogP contribution in [0.1, 0.15) is 67.1 Å². The summed E-state index contributed by atoms with van der Waals surface area (Å²) >= 11 is 0. The molecule has 11 heteroatoms. The number of carbonyl (C=O) groups excluding carboxylic acids is 4. The van der Waals surface area contributed by atoms with E-state index in [1.807, 2.05) is 0 Å². The van der Waals surface area contributed by atoms with Crippen molar-refractivity contribution in [1.29, 1.82) is 0 Å². The van der Waals surface area contributed by atoms with Gasteiger partial charge >= 0.3 is 23.9 Å². The number of ether oxygens (including phenoxy) is 7. The smallest absolute Gasteiger partial charge is 0.354 e. The fourth-order valence-corrected chi connectivity index (χ4v) is 3.47. The molecule has 214 valence electrons. The third-order valence-electron chi connectivity index (χ3n) is 6.30. The highest BCUT2D eigenvalue weighted by molar-refractivity contribution is 5.92. The number of fused-ring (bicyclic) bond motifs is 1. The van der Waals surface area contributed by atoms with E-state index >= 15 is 0 Å². The van der Waals surface area contributed by atoms with Gasteiger partial charge in [-0.1, -0.05) is 12.2 Å². The zero-order valence-electron chi connectivity index (χ0n) is 23.7. The zero-order valence-corrected chi connectivity index (χ0v) is 23.7. The van der Waals surface area contributed by atoms with Gasteiger partial charge in [0, 0.05) is 23.6 Å². The summed E-state index contributed by atoms with van der Waals surface area (Å²) in [5, 5.41) is 0. The second-order valence-electron chi connectivity index (χ2n) is 9.08. The fourth-order valence-electron chi connectivity index (χ4n) is 3.47. The summed E-state index contributed by atoms with van der Waals surface area (Å²) in [6.07, 6.45) is -0.362. The highest BCUT2D eigenvalue weighted by atomic mass is 16.7. The van der Waals surface area contributed by atoms with E-state index in [0.717, 1.165) is 6.92 Å². The minimum atomic E-state index is -2.03. The summed E-state index contributed by atoms with van der Waals surface area (Å²) in [5.74, 6) is -2.08. The Morgan fingerprint density at radius 2 is 1.54 bits per heavy atom. The molecular formula is C28H36O11. The van der Waals surface area contributed by atoms with Crippen molar-refractivity contribution in [3.05, 3.63) is 41.0 Å². The normalized spacial score (nSPS) is 16.7. The number of benzene rings is 1. The van der Waals surface area contributed by atoms with Crippen LogP contribution in [0.3, 0.4) is 0 Å². The maximum atomic E-state index is 13.5. The lowest BCUT2D eigenvalue weighted by molar-refractivity contribution is -0.203. The zero-order chi connectivity index (χ0) is 29.5. The third-order valence-corrected chi connectivity index (χ3v) is 6.30. The Kier molecular flexibility index (Phi) is 10.5. The molecule has 2 rings (SSSR count). The van der Waals surface area contributed by atoms with Crippen LogP contribution in [-0.2, 0) is 38.1 Å². The van der Waals surface area contributed by atoms with Crippen molar-refractivity contribution in [1.82, 2.24) is 0 Å². The van der Waals surface area contributed by atoms with Crippen molar-refractivity contribution in [2.45, 2.75) is 79.3 Å². The third kappa shape index (κ3) is 7.30. The number of rotatable bonds is 11. The van der Waals surface area contributed by atoms with Crippen LogP contribution in [-0.4, -0.2) is 55.6 Å². The van der Waals surface area contributed by atoms with Gasteiger partial charge in [0.1, 0.15) is 12.2 Å². The molecule has 0 radical (unpaired) electrons. The molecule has 1 aromatic carbocycles. The highest BCUT2D eigenvalue weighted by Gasteiger charge is 2.48. The maximum Gasteiger partial charge on any atom is 0.354 e. The van der Waals surface area contributed by atoms with Gasteiger partial charge in [0.05, 0.1) is 7.11 Å². The Bertz CT molecular complexity index is 1170. The second-order valence-corrected chi connectivity index (χ2v) is 9.08. The second kappa shape index (κ2) is 13.2. The summed E-state index contributed by atoms with van der Waals surface area (Å²) in [7, 11) is 1.44. The molecule has 0 spiro atoms. The van der Waals surface area contributed by atoms with E-state index in [1.54, 1.807) is 39.0 Å². The average molecular weight is 549 g/mol. The number of hydrogen-bond donors (Lipinski definition) is 0. The van der Waals surface area contributed by atoms with Gasteiger partial charge in [-0.15, -0.1) is 0 Å². The molecule has 11 nitrogen and oxygen atoms in total. The largest absolute Gasteiger partial charge is 0.493 e. The molecule has 0 aromatic heterocycles. The molecule has 0 bridgehead atoms. The minimum absolute atomic E-state index is 0.0226. The van der Waals surface area contributed by atoms with Gasteiger partial charge in [0.25, 0.3) is 0 Å². The lowest BCUT2D eigenvalue weighted by Crippen LogP contribution is -2.53. The van der Waals surface area contributed by atoms with Crippen LogP contribution in [0.15, 0.2) is 35.4 Å². The summed E-state index contributed by atoms with van der Waals surface area (Å²) in [5.41, 5.74) is -1.07. The molecule has 0 unspecified atom stereocenters. The van der Waals surface area contributed by atoms with Gasteiger partial charge in [-0.05, 0) is 60.6 Å². The molecule has 1 aliphatic heterocycles. The van der Waals surface area contributed by atoms with Crippen LogP contribution in [0.4, 0.5) is 0 Å². The van der Waals surface area contributed by atoms with Crippen LogP contribution in [0.25, 0.3) is 0 Å². The van der Waals surface area contributed by atoms with E-state index in [9.17, 15) is 19.2 Å². The van der Waals surface area contributed by atoms with Gasteiger partial charge in [-0.3, -0.25) is 4.79 Å². The Balaban J connectivity index is 2.49. The van der Waals surface area contributed by atoms with Gasteiger partial charge in [-0.2, -0.15) is 0 Å². The van der Waals surface area contributed by atoms with Crippen molar-refractivity contribution in [2.24, 2.45) is 0 Å². The summed E-state index contributed by atoms with van der Waals surface area (Å²) in [4.78, 5) is 50.6. The number of allylic oxidation sites excluding steroid dienone is 2. The maximum absolute atomic E-state index is 13.5. The topological polar surface area (TPSA) is 133 Å². The minimum Gasteiger partial charge on any atom is -0.493 e. The fraction of sp³-hybridized carbons (Fsp3) is 0.500.